The Balaban J connectivity index is 2.24. The molecule has 0 saturated heterocycles. The van der Waals surface area contributed by atoms with Gasteiger partial charge < -0.3 is 0 Å². The molecule has 0 aliphatic heterocycles. The molecule has 2 rings (SSSR count). The van der Waals surface area contributed by atoms with Gasteiger partial charge in [-0.25, -0.2) is 0 Å². The molecule has 0 bridgehead atoms. The maximum Gasteiger partial charge on any atom is 0.143 e. The number of benzene rings is 2. The van der Waals surface area contributed by atoms with Crippen molar-refractivity contribution in [1.29, 1.82) is 0 Å². The highest BCUT2D eigenvalue weighted by atomic mass is 16.2. The average molecular weight is 491 g/mol. The summed E-state index contributed by atoms with van der Waals surface area (Å²) in [6.45, 7) is 10.7. The normalized spacial score (nSPS) is 11.9. The molecule has 0 N–H and O–H groups in total. The third-order valence-corrected chi connectivity index (χ3v) is 7.75. The van der Waals surface area contributed by atoms with Crippen LogP contribution < -0.4 is 0 Å². The Morgan fingerprint density at radius 1 is 0.583 bits per heavy atom. The van der Waals surface area contributed by atoms with E-state index in [0.717, 1.165) is 22.3 Å². The zero-order valence-corrected chi connectivity index (χ0v) is 22.6. The third kappa shape index (κ3) is 6.93. The molecule has 192 valence electrons. The van der Waals surface area contributed by atoms with Crippen molar-refractivity contribution in [3.8, 4) is 0 Å². The lowest BCUT2D eigenvalue weighted by Gasteiger charge is -2.24. The molecule has 2 aromatic rings. The highest BCUT2D eigenvalue weighted by Gasteiger charge is 2.36. The Morgan fingerprint density at radius 2 is 0.889 bits per heavy atom. The van der Waals surface area contributed by atoms with E-state index in [4.69, 9.17) is 0 Å². The van der Waals surface area contributed by atoms with Crippen molar-refractivity contribution in [3.63, 3.8) is 0 Å². The van der Waals surface area contributed by atoms with Crippen molar-refractivity contribution in [2.75, 3.05) is 0 Å². The topological polar surface area (TPSA) is 85.3 Å². The van der Waals surface area contributed by atoms with Gasteiger partial charge in [-0.2, -0.15) is 0 Å². The van der Waals surface area contributed by atoms with Gasteiger partial charge in [0.15, 0.2) is 0 Å². The van der Waals surface area contributed by atoms with Crippen molar-refractivity contribution in [1.82, 2.24) is 0 Å². The second-order valence-electron chi connectivity index (χ2n) is 10.6. The predicted octanol–water partition coefficient (Wildman–Crippen LogP) is 5.13. The number of Topliss-reactive ketones (excluding diaryl/α,β-unsaturated/α-hetero) is 5. The second-order valence-corrected chi connectivity index (χ2v) is 10.6. The van der Waals surface area contributed by atoms with Crippen LogP contribution in [-0.2, 0) is 49.7 Å². The highest BCUT2D eigenvalue weighted by Crippen LogP contribution is 2.28. The summed E-state index contributed by atoms with van der Waals surface area (Å²) in [5.74, 6) is -0.824. The third-order valence-electron chi connectivity index (χ3n) is 7.75. The molecule has 0 amide bonds. The molecule has 0 aromatic heterocycles. The molecule has 0 unspecified atom stereocenters. The van der Waals surface area contributed by atoms with E-state index in [1.165, 1.54) is 27.7 Å². The lowest BCUT2D eigenvalue weighted by molar-refractivity contribution is -0.138. The van der Waals surface area contributed by atoms with Gasteiger partial charge in [0.05, 0.1) is 10.8 Å². The molecule has 36 heavy (non-hydrogen) atoms. The first-order valence-electron chi connectivity index (χ1n) is 12.4. The van der Waals surface area contributed by atoms with Crippen LogP contribution in [0.3, 0.4) is 0 Å². The minimum absolute atomic E-state index is 0.0698. The van der Waals surface area contributed by atoms with Gasteiger partial charge in [-0.05, 0) is 96.4 Å². The van der Waals surface area contributed by atoms with Crippen LogP contribution >= 0.6 is 0 Å². The van der Waals surface area contributed by atoms with Gasteiger partial charge in [0, 0.05) is 5.92 Å². The number of hydrogen-bond donors (Lipinski definition) is 0. The Kier molecular flexibility index (Phi) is 9.42. The molecule has 5 heteroatoms. The van der Waals surface area contributed by atoms with E-state index in [2.05, 4.69) is 0 Å². The van der Waals surface area contributed by atoms with Crippen molar-refractivity contribution < 1.29 is 24.0 Å². The van der Waals surface area contributed by atoms with Crippen LogP contribution in [0.2, 0.25) is 0 Å². The Labute approximate surface area is 214 Å². The molecule has 0 spiro atoms. The zero-order chi connectivity index (χ0) is 27.3. The molecule has 0 atom stereocenters. The fourth-order valence-corrected chi connectivity index (χ4v) is 4.47. The van der Waals surface area contributed by atoms with Gasteiger partial charge >= 0.3 is 0 Å². The molecule has 0 heterocycles. The summed E-state index contributed by atoms with van der Waals surface area (Å²) in [5, 5.41) is 0. The summed E-state index contributed by atoms with van der Waals surface area (Å²) in [4.78, 5) is 61.2. The van der Waals surface area contributed by atoms with Gasteiger partial charge in [-0.15, -0.1) is 0 Å². The van der Waals surface area contributed by atoms with Crippen LogP contribution in [-0.4, -0.2) is 28.9 Å². The first kappa shape index (κ1) is 29.0. The van der Waals surface area contributed by atoms with Gasteiger partial charge in [0.2, 0.25) is 0 Å². The first-order valence-corrected chi connectivity index (χ1v) is 12.4. The molecule has 0 fully saturated rings. The van der Waals surface area contributed by atoms with E-state index >= 15 is 0 Å². The predicted molar refractivity (Wildman–Crippen MR) is 141 cm³/mol. The summed E-state index contributed by atoms with van der Waals surface area (Å²) < 4.78 is 0. The average Bonchev–Trinajstić information content (AvgIpc) is 2.78. The standard InChI is InChI=1S/C31H38O5/c1-20(32)29(16-25-10-8-12-27(14-25)18-30(6,21(2)33)22(3)34)17-26-11-9-13-28(15-26)19-31(7,23(4)35)24(5)36/h8-15,29H,16-19H2,1-7H3. The maximum atomic E-state index is 12.6. The quantitative estimate of drug-likeness (QED) is 0.363. The smallest absolute Gasteiger partial charge is 0.143 e. The molecule has 2 aromatic carbocycles. The van der Waals surface area contributed by atoms with Crippen LogP contribution in [0.4, 0.5) is 0 Å². The zero-order valence-electron chi connectivity index (χ0n) is 22.6. The second kappa shape index (κ2) is 11.7. The molecule has 0 aliphatic rings. The highest BCUT2D eigenvalue weighted by molar-refractivity contribution is 6.05. The number of rotatable bonds is 13. The van der Waals surface area contributed by atoms with Crippen molar-refractivity contribution in [2.45, 2.75) is 74.1 Å². The van der Waals surface area contributed by atoms with Gasteiger partial charge in [0.25, 0.3) is 0 Å². The summed E-state index contributed by atoms with van der Waals surface area (Å²) in [7, 11) is 0. The Bertz CT molecular complexity index is 1060. The van der Waals surface area contributed by atoms with Crippen LogP contribution in [0.5, 0.6) is 0 Å². The fourth-order valence-electron chi connectivity index (χ4n) is 4.47. The van der Waals surface area contributed by atoms with Crippen molar-refractivity contribution >= 4 is 28.9 Å². The molecular weight excluding hydrogens is 452 g/mol. The molecular formula is C31H38O5. The summed E-state index contributed by atoms with van der Waals surface area (Å²) in [6, 6.07) is 15.5. The van der Waals surface area contributed by atoms with Gasteiger partial charge in [0.1, 0.15) is 28.9 Å². The van der Waals surface area contributed by atoms with Crippen molar-refractivity contribution in [3.05, 3.63) is 70.8 Å². The number of carbonyl (C=O) groups excluding carboxylic acids is 5. The molecule has 0 saturated carbocycles. The van der Waals surface area contributed by atoms with E-state index in [9.17, 15) is 24.0 Å². The summed E-state index contributed by atoms with van der Waals surface area (Å²) in [5.41, 5.74) is 1.59. The number of ketones is 5. The minimum Gasteiger partial charge on any atom is -0.300 e. The van der Waals surface area contributed by atoms with E-state index in [-0.39, 0.29) is 34.8 Å². The van der Waals surface area contributed by atoms with Crippen molar-refractivity contribution in [2.24, 2.45) is 16.7 Å². The summed E-state index contributed by atoms with van der Waals surface area (Å²) in [6.07, 6.45) is 1.71. The van der Waals surface area contributed by atoms with Crippen LogP contribution in [0.15, 0.2) is 48.5 Å². The first-order chi connectivity index (χ1) is 16.7. The maximum absolute atomic E-state index is 12.6. The monoisotopic (exact) mass is 490 g/mol. The Morgan fingerprint density at radius 3 is 1.17 bits per heavy atom. The largest absolute Gasteiger partial charge is 0.300 e. The van der Waals surface area contributed by atoms with E-state index < -0.39 is 10.8 Å². The molecule has 5 nitrogen and oxygen atoms in total. The van der Waals surface area contributed by atoms with E-state index in [1.807, 2.05) is 48.5 Å². The van der Waals surface area contributed by atoms with Crippen LogP contribution in [0.25, 0.3) is 0 Å². The SMILES string of the molecule is CC(=O)C(Cc1cccc(CC(C)(C(C)=O)C(C)=O)c1)Cc1cccc(CC(C)(C(C)=O)C(C)=O)c1. The van der Waals surface area contributed by atoms with Crippen LogP contribution in [0, 0.1) is 16.7 Å². The molecule has 0 radical (unpaired) electrons. The van der Waals surface area contributed by atoms with Crippen LogP contribution in [0.1, 0.15) is 70.7 Å². The van der Waals surface area contributed by atoms with E-state index in [1.54, 1.807) is 20.8 Å². The lowest BCUT2D eigenvalue weighted by Crippen LogP contribution is -2.35. The minimum atomic E-state index is -1.06. The van der Waals surface area contributed by atoms with Gasteiger partial charge in [-0.1, -0.05) is 48.5 Å². The number of carbonyl (C=O) groups is 5. The summed E-state index contributed by atoms with van der Waals surface area (Å²) >= 11 is 0. The number of hydrogen-bond acceptors (Lipinski definition) is 5. The van der Waals surface area contributed by atoms with E-state index in [0.29, 0.717) is 25.7 Å². The molecule has 0 aliphatic carbocycles. The Hall–Kier alpha value is -3.21. The van der Waals surface area contributed by atoms with Gasteiger partial charge in [-0.3, -0.25) is 24.0 Å². The lowest BCUT2D eigenvalue weighted by atomic mass is 9.76. The fraction of sp³-hybridized carbons (Fsp3) is 0.452.